The lowest BCUT2D eigenvalue weighted by Gasteiger charge is -2.13. The standard InChI is InChI=1S/C18H23BrO2/c1-2-14-13-17(21-12-8-4-3-7-11-19)15-9-5-6-10-16(15)18(14)20/h5-6,9-10,13,20H,2-4,7-8,11-12H2,1H3. The minimum Gasteiger partial charge on any atom is -0.507 e. The number of phenols is 1. The van der Waals surface area contributed by atoms with Gasteiger partial charge >= 0.3 is 0 Å². The summed E-state index contributed by atoms with van der Waals surface area (Å²) in [4.78, 5) is 0. The first-order chi connectivity index (χ1) is 10.3. The number of alkyl halides is 1. The van der Waals surface area contributed by atoms with Crippen molar-refractivity contribution in [2.24, 2.45) is 0 Å². The number of phenolic OH excluding ortho intramolecular Hbond substituents is 1. The molecule has 0 amide bonds. The van der Waals surface area contributed by atoms with Crippen LogP contribution in [0, 0.1) is 0 Å². The molecule has 0 radical (unpaired) electrons. The minimum absolute atomic E-state index is 0.387. The molecule has 0 aromatic heterocycles. The second kappa shape index (κ2) is 8.28. The van der Waals surface area contributed by atoms with E-state index in [9.17, 15) is 5.11 Å². The van der Waals surface area contributed by atoms with E-state index in [-0.39, 0.29) is 0 Å². The van der Waals surface area contributed by atoms with E-state index in [0.717, 1.165) is 46.9 Å². The third kappa shape index (κ3) is 4.13. The van der Waals surface area contributed by atoms with Crippen LogP contribution >= 0.6 is 15.9 Å². The molecule has 0 aliphatic carbocycles. The summed E-state index contributed by atoms with van der Waals surface area (Å²) < 4.78 is 5.97. The number of unbranched alkanes of at least 4 members (excludes halogenated alkanes) is 3. The largest absolute Gasteiger partial charge is 0.507 e. The molecule has 2 aromatic carbocycles. The van der Waals surface area contributed by atoms with E-state index in [0.29, 0.717) is 5.75 Å². The van der Waals surface area contributed by atoms with Gasteiger partial charge in [0.2, 0.25) is 0 Å². The second-order valence-corrected chi connectivity index (χ2v) is 6.03. The number of benzene rings is 2. The molecule has 0 unspecified atom stereocenters. The highest BCUT2D eigenvalue weighted by atomic mass is 79.9. The molecule has 0 saturated heterocycles. The van der Waals surface area contributed by atoms with Crippen LogP contribution in [0.2, 0.25) is 0 Å². The maximum absolute atomic E-state index is 10.3. The fraction of sp³-hybridized carbons (Fsp3) is 0.444. The fourth-order valence-corrected chi connectivity index (χ4v) is 2.90. The first-order valence-electron chi connectivity index (χ1n) is 7.70. The highest BCUT2D eigenvalue weighted by Crippen LogP contribution is 2.36. The quantitative estimate of drug-likeness (QED) is 0.507. The Morgan fingerprint density at radius 1 is 1.05 bits per heavy atom. The Bertz CT molecular complexity index is 581. The van der Waals surface area contributed by atoms with Crippen molar-refractivity contribution >= 4 is 26.7 Å². The normalized spacial score (nSPS) is 11.0. The van der Waals surface area contributed by atoms with Crippen molar-refractivity contribution in [1.29, 1.82) is 0 Å². The van der Waals surface area contributed by atoms with Gasteiger partial charge in [0.05, 0.1) is 6.61 Å². The zero-order chi connectivity index (χ0) is 15.1. The third-order valence-corrected chi connectivity index (χ3v) is 4.28. The summed E-state index contributed by atoms with van der Waals surface area (Å²) in [6, 6.07) is 9.87. The SMILES string of the molecule is CCc1cc(OCCCCCCBr)c2ccccc2c1O. The van der Waals surface area contributed by atoms with E-state index in [4.69, 9.17) is 4.74 Å². The third-order valence-electron chi connectivity index (χ3n) is 3.72. The molecule has 114 valence electrons. The van der Waals surface area contributed by atoms with Crippen molar-refractivity contribution in [3.05, 3.63) is 35.9 Å². The molecule has 3 heteroatoms. The van der Waals surface area contributed by atoms with Crippen LogP contribution in [0.25, 0.3) is 10.8 Å². The van der Waals surface area contributed by atoms with Gasteiger partial charge in [-0.3, -0.25) is 0 Å². The maximum Gasteiger partial charge on any atom is 0.127 e. The topological polar surface area (TPSA) is 29.5 Å². The number of aromatic hydroxyl groups is 1. The zero-order valence-electron chi connectivity index (χ0n) is 12.6. The molecule has 2 rings (SSSR count). The lowest BCUT2D eigenvalue weighted by Crippen LogP contribution is -1.99. The molecule has 0 atom stereocenters. The Balaban J connectivity index is 2.10. The van der Waals surface area contributed by atoms with Crippen LogP contribution in [0.4, 0.5) is 0 Å². The van der Waals surface area contributed by atoms with Gasteiger partial charge in [0.25, 0.3) is 0 Å². The molecule has 0 aliphatic rings. The van der Waals surface area contributed by atoms with Gasteiger partial charge in [-0.15, -0.1) is 0 Å². The highest BCUT2D eigenvalue weighted by molar-refractivity contribution is 9.09. The zero-order valence-corrected chi connectivity index (χ0v) is 14.2. The van der Waals surface area contributed by atoms with Crippen LogP contribution in [0.1, 0.15) is 38.2 Å². The Morgan fingerprint density at radius 2 is 1.76 bits per heavy atom. The summed E-state index contributed by atoms with van der Waals surface area (Å²) in [6.45, 7) is 2.79. The summed E-state index contributed by atoms with van der Waals surface area (Å²) in [5, 5.41) is 13.2. The van der Waals surface area contributed by atoms with Gasteiger partial charge in [0.1, 0.15) is 11.5 Å². The van der Waals surface area contributed by atoms with Gasteiger partial charge < -0.3 is 9.84 Å². The number of hydrogen-bond acceptors (Lipinski definition) is 2. The van der Waals surface area contributed by atoms with Crippen molar-refractivity contribution < 1.29 is 9.84 Å². The van der Waals surface area contributed by atoms with Gasteiger partial charge in [-0.25, -0.2) is 0 Å². The molecule has 2 nitrogen and oxygen atoms in total. The average Bonchev–Trinajstić information content (AvgIpc) is 2.53. The number of aryl methyl sites for hydroxylation is 1. The van der Waals surface area contributed by atoms with Gasteiger partial charge in [-0.1, -0.05) is 60.0 Å². The second-order valence-electron chi connectivity index (χ2n) is 5.23. The van der Waals surface area contributed by atoms with Crippen molar-refractivity contribution in [3.63, 3.8) is 0 Å². The minimum atomic E-state index is 0.387. The molecule has 0 fully saturated rings. The van der Waals surface area contributed by atoms with Crippen LogP contribution < -0.4 is 4.74 Å². The number of ether oxygens (including phenoxy) is 1. The predicted octanol–water partition coefficient (Wildman–Crippen LogP) is 5.44. The van der Waals surface area contributed by atoms with Crippen molar-refractivity contribution in [3.8, 4) is 11.5 Å². The summed E-state index contributed by atoms with van der Waals surface area (Å²) in [5.74, 6) is 1.28. The molecule has 1 N–H and O–H groups in total. The van der Waals surface area contributed by atoms with Gasteiger partial charge in [0.15, 0.2) is 0 Å². The van der Waals surface area contributed by atoms with E-state index in [2.05, 4.69) is 15.9 Å². The maximum atomic E-state index is 10.3. The Morgan fingerprint density at radius 3 is 2.48 bits per heavy atom. The van der Waals surface area contributed by atoms with Crippen LogP contribution in [0.15, 0.2) is 30.3 Å². The highest BCUT2D eigenvalue weighted by Gasteiger charge is 2.10. The lowest BCUT2D eigenvalue weighted by atomic mass is 10.0. The molecule has 0 bridgehead atoms. The van der Waals surface area contributed by atoms with Crippen molar-refractivity contribution in [1.82, 2.24) is 0 Å². The van der Waals surface area contributed by atoms with Crippen molar-refractivity contribution in [2.45, 2.75) is 39.0 Å². The summed E-state index contributed by atoms with van der Waals surface area (Å²) in [6.07, 6.45) is 5.54. The van der Waals surface area contributed by atoms with Crippen LogP contribution in [-0.2, 0) is 6.42 Å². The van der Waals surface area contributed by atoms with Crippen molar-refractivity contribution in [2.75, 3.05) is 11.9 Å². The Kier molecular flexibility index (Phi) is 6.37. The van der Waals surface area contributed by atoms with Crippen LogP contribution in [0.5, 0.6) is 11.5 Å². The smallest absolute Gasteiger partial charge is 0.127 e. The van der Waals surface area contributed by atoms with Gasteiger partial charge in [0, 0.05) is 16.1 Å². The first-order valence-corrected chi connectivity index (χ1v) is 8.82. The molecular formula is C18H23BrO2. The molecule has 2 aromatic rings. The van der Waals surface area contributed by atoms with E-state index in [1.807, 2.05) is 37.3 Å². The summed E-state index contributed by atoms with van der Waals surface area (Å²) in [7, 11) is 0. The van der Waals surface area contributed by atoms with Gasteiger partial charge in [-0.05, 0) is 30.9 Å². The van der Waals surface area contributed by atoms with E-state index in [1.54, 1.807) is 0 Å². The predicted molar refractivity (Wildman–Crippen MR) is 92.7 cm³/mol. The molecule has 0 spiro atoms. The first kappa shape index (κ1) is 16.2. The summed E-state index contributed by atoms with van der Waals surface area (Å²) >= 11 is 3.45. The monoisotopic (exact) mass is 350 g/mol. The Labute approximate surface area is 135 Å². The average molecular weight is 351 g/mol. The number of halogens is 1. The molecular weight excluding hydrogens is 328 g/mol. The van der Waals surface area contributed by atoms with E-state index < -0.39 is 0 Å². The van der Waals surface area contributed by atoms with E-state index in [1.165, 1.54) is 19.3 Å². The molecule has 21 heavy (non-hydrogen) atoms. The fourth-order valence-electron chi connectivity index (χ4n) is 2.50. The lowest BCUT2D eigenvalue weighted by molar-refractivity contribution is 0.308. The molecule has 0 heterocycles. The van der Waals surface area contributed by atoms with Crippen LogP contribution in [0.3, 0.4) is 0 Å². The molecule has 0 aliphatic heterocycles. The van der Waals surface area contributed by atoms with Crippen LogP contribution in [-0.4, -0.2) is 17.0 Å². The Hall–Kier alpha value is -1.22. The van der Waals surface area contributed by atoms with E-state index >= 15 is 0 Å². The molecule has 0 saturated carbocycles. The number of hydrogen-bond donors (Lipinski definition) is 1. The number of rotatable bonds is 8. The number of fused-ring (bicyclic) bond motifs is 1. The summed E-state index contributed by atoms with van der Waals surface area (Å²) in [5.41, 5.74) is 0.947. The van der Waals surface area contributed by atoms with Gasteiger partial charge in [-0.2, -0.15) is 0 Å².